The monoisotopic (exact) mass is 400 g/mol. The Morgan fingerprint density at radius 1 is 1.21 bits per heavy atom. The van der Waals surface area contributed by atoms with Crippen LogP contribution < -0.4 is 0 Å². The number of esters is 1. The molecular formula is C22H24O7. The van der Waals surface area contributed by atoms with Gasteiger partial charge in [0.15, 0.2) is 6.10 Å². The number of benzene rings is 2. The smallest absolute Gasteiger partial charge is 0.435 e. The molecule has 154 valence electrons. The fourth-order valence-corrected chi connectivity index (χ4v) is 3.10. The molecule has 1 aliphatic rings. The number of aryl methyl sites for hydroxylation is 1. The van der Waals surface area contributed by atoms with Crippen molar-refractivity contribution in [2.24, 2.45) is 0 Å². The molecular weight excluding hydrogens is 376 g/mol. The molecule has 0 amide bonds. The van der Waals surface area contributed by atoms with Crippen LogP contribution >= 0.6 is 0 Å². The number of fused-ring (bicyclic) bond motifs is 1. The van der Waals surface area contributed by atoms with Gasteiger partial charge in [0.1, 0.15) is 0 Å². The van der Waals surface area contributed by atoms with Gasteiger partial charge in [-0.25, -0.2) is 9.59 Å². The molecule has 2 unspecified atom stereocenters. The molecule has 7 nitrogen and oxygen atoms in total. The Morgan fingerprint density at radius 2 is 2.00 bits per heavy atom. The van der Waals surface area contributed by atoms with Gasteiger partial charge in [0, 0.05) is 18.3 Å². The van der Waals surface area contributed by atoms with Gasteiger partial charge in [0.2, 0.25) is 6.29 Å². The van der Waals surface area contributed by atoms with Crippen LogP contribution in [0.3, 0.4) is 0 Å². The zero-order valence-corrected chi connectivity index (χ0v) is 16.2. The third-order valence-corrected chi connectivity index (χ3v) is 4.51. The first-order valence-corrected chi connectivity index (χ1v) is 9.56. The highest BCUT2D eigenvalue weighted by Gasteiger charge is 2.33. The van der Waals surface area contributed by atoms with Gasteiger partial charge in [0.05, 0.1) is 13.2 Å². The molecule has 7 heteroatoms. The maximum absolute atomic E-state index is 11.6. The van der Waals surface area contributed by atoms with E-state index in [0.717, 1.165) is 18.9 Å². The molecule has 3 rings (SSSR count). The van der Waals surface area contributed by atoms with Crippen LogP contribution in [0.4, 0.5) is 4.79 Å². The lowest BCUT2D eigenvalue weighted by Gasteiger charge is -2.20. The van der Waals surface area contributed by atoms with Crippen LogP contribution in [-0.4, -0.2) is 49.4 Å². The number of rotatable bonds is 9. The van der Waals surface area contributed by atoms with Gasteiger partial charge in [-0.3, -0.25) is 0 Å². The lowest BCUT2D eigenvalue weighted by molar-refractivity contribution is -0.152. The number of carbonyl (C=O) groups is 2. The van der Waals surface area contributed by atoms with Gasteiger partial charge >= 0.3 is 12.1 Å². The molecule has 0 radical (unpaired) electrons. The van der Waals surface area contributed by atoms with Crippen LogP contribution in [0.15, 0.2) is 54.1 Å². The molecule has 2 aromatic carbocycles. The van der Waals surface area contributed by atoms with E-state index >= 15 is 0 Å². The van der Waals surface area contributed by atoms with Gasteiger partial charge in [-0.2, -0.15) is 0 Å². The molecule has 1 heterocycles. The van der Waals surface area contributed by atoms with E-state index in [2.05, 4.69) is 35.1 Å². The summed E-state index contributed by atoms with van der Waals surface area (Å²) in [5.41, 5.74) is 1.34. The minimum atomic E-state index is -1.46. The number of hydrogen-bond donors (Lipinski definition) is 1. The quantitative estimate of drug-likeness (QED) is 0.511. The molecule has 0 aliphatic carbocycles. The number of aliphatic hydroxyl groups is 1. The van der Waals surface area contributed by atoms with Crippen molar-refractivity contribution >= 4 is 22.9 Å². The van der Waals surface area contributed by atoms with Crippen molar-refractivity contribution in [3.8, 4) is 0 Å². The lowest BCUT2D eigenvalue weighted by atomic mass is 10.0. The Labute approximate surface area is 168 Å². The topological polar surface area (TPSA) is 91.3 Å². The van der Waals surface area contributed by atoms with Crippen LogP contribution in [0.5, 0.6) is 0 Å². The first kappa shape index (κ1) is 20.8. The molecule has 1 N–H and O–H groups in total. The van der Waals surface area contributed by atoms with Crippen molar-refractivity contribution in [3.05, 3.63) is 59.7 Å². The minimum absolute atomic E-state index is 0.0178. The molecule has 0 spiro atoms. The molecule has 0 fully saturated rings. The first-order chi connectivity index (χ1) is 14.1. The average Bonchev–Trinajstić information content (AvgIpc) is 3.05. The molecule has 0 bridgehead atoms. The Bertz CT molecular complexity index is 890. The van der Waals surface area contributed by atoms with Gasteiger partial charge in [0.25, 0.3) is 0 Å². The van der Waals surface area contributed by atoms with E-state index in [4.69, 9.17) is 14.2 Å². The predicted octanol–water partition coefficient (Wildman–Crippen LogP) is 3.13. The van der Waals surface area contributed by atoms with Crippen molar-refractivity contribution < 1.29 is 33.6 Å². The highest BCUT2D eigenvalue weighted by atomic mass is 16.7. The summed E-state index contributed by atoms with van der Waals surface area (Å²) >= 11 is 0. The first-order valence-electron chi connectivity index (χ1n) is 9.56. The Kier molecular flexibility index (Phi) is 7.21. The van der Waals surface area contributed by atoms with Crippen molar-refractivity contribution in [1.82, 2.24) is 0 Å². The molecule has 0 saturated carbocycles. The van der Waals surface area contributed by atoms with Gasteiger partial charge < -0.3 is 24.1 Å². The predicted molar refractivity (Wildman–Crippen MR) is 105 cm³/mol. The Morgan fingerprint density at radius 3 is 2.72 bits per heavy atom. The van der Waals surface area contributed by atoms with Crippen LogP contribution in [0.2, 0.25) is 0 Å². The number of cyclic esters (lactones) is 1. The zero-order valence-electron chi connectivity index (χ0n) is 16.2. The highest BCUT2D eigenvalue weighted by Crippen LogP contribution is 2.21. The van der Waals surface area contributed by atoms with Gasteiger partial charge in [-0.15, -0.1) is 0 Å². The van der Waals surface area contributed by atoms with E-state index in [1.165, 1.54) is 16.3 Å². The lowest BCUT2D eigenvalue weighted by Crippen LogP contribution is -2.30. The third kappa shape index (κ3) is 5.79. The van der Waals surface area contributed by atoms with Crippen LogP contribution in [0.25, 0.3) is 10.8 Å². The Hall–Kier alpha value is -2.90. The van der Waals surface area contributed by atoms with E-state index in [1.807, 2.05) is 12.1 Å². The number of ether oxygens (including phenoxy) is 4. The van der Waals surface area contributed by atoms with Crippen molar-refractivity contribution in [2.75, 3.05) is 19.8 Å². The van der Waals surface area contributed by atoms with Gasteiger partial charge in [-0.05, 0) is 36.1 Å². The van der Waals surface area contributed by atoms with E-state index in [0.29, 0.717) is 6.61 Å². The van der Waals surface area contributed by atoms with Gasteiger partial charge in [-0.1, -0.05) is 42.5 Å². The van der Waals surface area contributed by atoms with Crippen LogP contribution in [0.1, 0.15) is 18.9 Å². The highest BCUT2D eigenvalue weighted by molar-refractivity contribution is 5.86. The second-order valence-corrected chi connectivity index (χ2v) is 6.58. The second kappa shape index (κ2) is 10.0. The molecule has 1 aliphatic heterocycles. The molecule has 0 saturated heterocycles. The van der Waals surface area contributed by atoms with E-state index in [1.54, 1.807) is 6.92 Å². The summed E-state index contributed by atoms with van der Waals surface area (Å²) < 4.78 is 20.2. The Balaban J connectivity index is 1.50. The van der Waals surface area contributed by atoms with Crippen molar-refractivity contribution in [1.29, 1.82) is 0 Å². The summed E-state index contributed by atoms with van der Waals surface area (Å²) in [6.07, 6.45) is -0.612. The largest absolute Gasteiger partial charge is 0.508 e. The van der Waals surface area contributed by atoms with Crippen molar-refractivity contribution in [3.63, 3.8) is 0 Å². The zero-order chi connectivity index (χ0) is 20.6. The van der Waals surface area contributed by atoms with E-state index < -0.39 is 24.5 Å². The van der Waals surface area contributed by atoms with Crippen molar-refractivity contribution in [2.45, 2.75) is 32.2 Å². The molecule has 2 aromatic rings. The fourth-order valence-electron chi connectivity index (χ4n) is 3.10. The summed E-state index contributed by atoms with van der Waals surface area (Å²) in [6, 6.07) is 14.5. The molecule has 29 heavy (non-hydrogen) atoms. The summed E-state index contributed by atoms with van der Waals surface area (Å²) in [7, 11) is 0. The van der Waals surface area contributed by atoms with E-state index in [9.17, 15) is 14.7 Å². The normalized spacial score (nSPS) is 17.0. The maximum atomic E-state index is 11.6. The number of aliphatic hydroxyl groups excluding tert-OH is 1. The molecule has 0 aromatic heterocycles. The minimum Gasteiger partial charge on any atom is -0.435 e. The fraction of sp³-hybridized carbons (Fsp3) is 0.364. The maximum Gasteiger partial charge on any atom is 0.508 e. The third-order valence-electron chi connectivity index (χ3n) is 4.51. The molecule has 2 atom stereocenters. The number of carbonyl (C=O) groups excluding carboxylic acids is 2. The standard InChI is InChI=1S/C22H24O7/c1-2-27-22(25)28-19(18-13-20(23)29-21(18)24)14-26-11-5-6-15-9-10-16-7-3-4-8-17(16)12-15/h3-4,7-10,12-13,19,21,24H,2,5-6,11,14H2,1H3. The van der Waals surface area contributed by atoms with Crippen LogP contribution in [0, 0.1) is 0 Å². The summed E-state index contributed by atoms with van der Waals surface area (Å²) in [5.74, 6) is -0.693. The van der Waals surface area contributed by atoms with E-state index in [-0.39, 0.29) is 18.8 Å². The van der Waals surface area contributed by atoms with Crippen LogP contribution in [-0.2, 0) is 30.2 Å². The average molecular weight is 400 g/mol. The second-order valence-electron chi connectivity index (χ2n) is 6.58. The summed E-state index contributed by atoms with van der Waals surface area (Å²) in [4.78, 5) is 23.0. The summed E-state index contributed by atoms with van der Waals surface area (Å²) in [6.45, 7) is 2.20. The summed E-state index contributed by atoms with van der Waals surface area (Å²) in [5, 5.41) is 12.2. The number of hydrogen-bond acceptors (Lipinski definition) is 7. The SMILES string of the molecule is CCOC(=O)OC(COCCCc1ccc2ccccc2c1)C1=CC(=O)OC1O.